The van der Waals surface area contributed by atoms with Crippen LogP contribution in [0.4, 0.5) is 10.1 Å². The van der Waals surface area contributed by atoms with Crippen molar-refractivity contribution < 1.29 is 14.3 Å². The van der Waals surface area contributed by atoms with E-state index in [9.17, 15) is 9.18 Å². The van der Waals surface area contributed by atoms with Gasteiger partial charge in [-0.1, -0.05) is 26.7 Å². The van der Waals surface area contributed by atoms with E-state index in [1.807, 2.05) is 0 Å². The van der Waals surface area contributed by atoms with E-state index in [-0.39, 0.29) is 5.56 Å². The maximum Gasteiger partial charge on any atom is 0.338 e. The van der Waals surface area contributed by atoms with Crippen LogP contribution in [0.3, 0.4) is 0 Å². The number of carboxylic acid groups (broad SMARTS) is 1. The van der Waals surface area contributed by atoms with Gasteiger partial charge in [-0.05, 0) is 36.5 Å². The van der Waals surface area contributed by atoms with Gasteiger partial charge in [-0.15, -0.1) is 0 Å². The Labute approximate surface area is 119 Å². The second kappa shape index (κ2) is 5.81. The van der Waals surface area contributed by atoms with Crippen molar-refractivity contribution in [2.45, 2.75) is 39.5 Å². The van der Waals surface area contributed by atoms with E-state index in [4.69, 9.17) is 5.11 Å². The second-order valence-electron chi connectivity index (χ2n) is 5.66. The fourth-order valence-corrected chi connectivity index (χ4v) is 3.07. The van der Waals surface area contributed by atoms with Crippen LogP contribution in [0.5, 0.6) is 0 Å². The maximum absolute atomic E-state index is 13.7. The number of nitrogens with zero attached hydrogens (tertiary/aromatic N) is 1. The summed E-state index contributed by atoms with van der Waals surface area (Å²) in [4.78, 5) is 13.0. The molecule has 110 valence electrons. The molecule has 0 aromatic heterocycles. The van der Waals surface area contributed by atoms with E-state index in [1.54, 1.807) is 6.07 Å². The van der Waals surface area contributed by atoms with E-state index in [0.29, 0.717) is 5.41 Å². The Hall–Kier alpha value is -1.58. The van der Waals surface area contributed by atoms with Gasteiger partial charge in [0.1, 0.15) is 5.82 Å². The summed E-state index contributed by atoms with van der Waals surface area (Å²) in [5.74, 6) is -1.87. The van der Waals surface area contributed by atoms with Crippen molar-refractivity contribution in [2.24, 2.45) is 5.41 Å². The van der Waals surface area contributed by atoms with Crippen molar-refractivity contribution in [2.75, 3.05) is 18.0 Å². The molecule has 1 fully saturated rings. The molecule has 1 N–H and O–H groups in total. The Kier molecular flexibility index (Phi) is 4.31. The number of hydrogen-bond donors (Lipinski definition) is 1. The second-order valence-corrected chi connectivity index (χ2v) is 5.66. The third-order valence-corrected chi connectivity index (χ3v) is 4.87. The molecular formula is C16H22FNO2. The smallest absolute Gasteiger partial charge is 0.338 e. The Bertz CT molecular complexity index is 487. The van der Waals surface area contributed by atoms with Gasteiger partial charge in [-0.3, -0.25) is 0 Å². The number of carbonyl (C=O) groups is 1. The molecule has 0 aliphatic carbocycles. The van der Waals surface area contributed by atoms with Gasteiger partial charge in [-0.2, -0.15) is 0 Å². The molecule has 1 aliphatic heterocycles. The average Bonchev–Trinajstić information content (AvgIpc) is 2.47. The lowest BCUT2D eigenvalue weighted by molar-refractivity contribution is 0.0692. The van der Waals surface area contributed by atoms with Crippen LogP contribution in [0.25, 0.3) is 0 Å². The lowest BCUT2D eigenvalue weighted by Gasteiger charge is -2.42. The number of anilines is 1. The highest BCUT2D eigenvalue weighted by atomic mass is 19.1. The van der Waals surface area contributed by atoms with Gasteiger partial charge in [0.05, 0.1) is 5.56 Å². The Morgan fingerprint density at radius 1 is 1.30 bits per heavy atom. The summed E-state index contributed by atoms with van der Waals surface area (Å²) in [7, 11) is 0. The van der Waals surface area contributed by atoms with E-state index in [0.717, 1.165) is 31.6 Å². The standard InChI is InChI=1S/C16H22FNO2/c1-3-16(4-2)7-9-18(10-8-16)12-5-6-13(15(19)20)14(17)11-12/h5-6,11H,3-4,7-10H2,1-2H3,(H,19,20). The summed E-state index contributed by atoms with van der Waals surface area (Å²) in [6.45, 7) is 6.29. The highest BCUT2D eigenvalue weighted by Gasteiger charge is 2.31. The first-order valence-corrected chi connectivity index (χ1v) is 7.29. The molecule has 4 heteroatoms. The topological polar surface area (TPSA) is 40.5 Å². The molecule has 0 saturated carbocycles. The number of carboxylic acids is 1. The quantitative estimate of drug-likeness (QED) is 0.907. The highest BCUT2D eigenvalue weighted by molar-refractivity contribution is 5.88. The molecule has 2 rings (SSSR count). The van der Waals surface area contributed by atoms with Gasteiger partial charge >= 0.3 is 5.97 Å². The van der Waals surface area contributed by atoms with E-state index < -0.39 is 11.8 Å². The zero-order valence-electron chi connectivity index (χ0n) is 12.2. The van der Waals surface area contributed by atoms with Crippen LogP contribution in [0.2, 0.25) is 0 Å². The average molecular weight is 279 g/mol. The minimum absolute atomic E-state index is 0.262. The monoisotopic (exact) mass is 279 g/mol. The van der Waals surface area contributed by atoms with Crippen LogP contribution in [-0.2, 0) is 0 Å². The van der Waals surface area contributed by atoms with E-state index >= 15 is 0 Å². The van der Waals surface area contributed by atoms with Gasteiger partial charge in [0.2, 0.25) is 0 Å². The molecule has 1 aromatic rings. The fraction of sp³-hybridized carbons (Fsp3) is 0.562. The number of hydrogen-bond acceptors (Lipinski definition) is 2. The Morgan fingerprint density at radius 2 is 1.90 bits per heavy atom. The molecule has 0 radical (unpaired) electrons. The minimum Gasteiger partial charge on any atom is -0.478 e. The molecule has 0 unspecified atom stereocenters. The molecule has 1 aliphatic rings. The molecule has 0 bridgehead atoms. The third-order valence-electron chi connectivity index (χ3n) is 4.87. The first-order valence-electron chi connectivity index (χ1n) is 7.29. The van der Waals surface area contributed by atoms with Gasteiger partial charge in [0.15, 0.2) is 0 Å². The van der Waals surface area contributed by atoms with Crippen molar-refractivity contribution in [3.63, 3.8) is 0 Å². The van der Waals surface area contributed by atoms with Gasteiger partial charge in [-0.25, -0.2) is 9.18 Å². The van der Waals surface area contributed by atoms with Crippen molar-refractivity contribution in [3.8, 4) is 0 Å². The molecule has 20 heavy (non-hydrogen) atoms. The van der Waals surface area contributed by atoms with Crippen molar-refractivity contribution in [3.05, 3.63) is 29.6 Å². The van der Waals surface area contributed by atoms with Crippen LogP contribution in [0, 0.1) is 11.2 Å². The summed E-state index contributed by atoms with van der Waals surface area (Å²) in [6, 6.07) is 4.40. The molecule has 3 nitrogen and oxygen atoms in total. The van der Waals surface area contributed by atoms with Crippen LogP contribution in [0.1, 0.15) is 49.9 Å². The van der Waals surface area contributed by atoms with Gasteiger partial charge < -0.3 is 10.0 Å². The molecule has 1 aromatic carbocycles. The van der Waals surface area contributed by atoms with Crippen LogP contribution < -0.4 is 4.90 Å². The first kappa shape index (κ1) is 14.8. The lowest BCUT2D eigenvalue weighted by atomic mass is 9.74. The zero-order valence-corrected chi connectivity index (χ0v) is 12.2. The molecule has 1 heterocycles. The van der Waals surface area contributed by atoms with Gasteiger partial charge in [0.25, 0.3) is 0 Å². The normalized spacial score (nSPS) is 18.1. The molecule has 0 spiro atoms. The number of benzene rings is 1. The fourth-order valence-electron chi connectivity index (χ4n) is 3.07. The Morgan fingerprint density at radius 3 is 2.35 bits per heavy atom. The van der Waals surface area contributed by atoms with Crippen LogP contribution >= 0.6 is 0 Å². The summed E-state index contributed by atoms with van der Waals surface area (Å²) in [5.41, 5.74) is 0.950. The van der Waals surface area contributed by atoms with Crippen molar-refractivity contribution in [1.82, 2.24) is 0 Å². The predicted octanol–water partition coefficient (Wildman–Crippen LogP) is 3.93. The van der Waals surface area contributed by atoms with Crippen LogP contribution in [-0.4, -0.2) is 24.2 Å². The number of aromatic carboxylic acids is 1. The van der Waals surface area contributed by atoms with E-state index in [1.165, 1.54) is 25.0 Å². The summed E-state index contributed by atoms with van der Waals surface area (Å²) in [6.07, 6.45) is 4.60. The Balaban J connectivity index is 2.11. The predicted molar refractivity (Wildman–Crippen MR) is 77.8 cm³/mol. The maximum atomic E-state index is 13.7. The first-order chi connectivity index (χ1) is 9.51. The van der Waals surface area contributed by atoms with Crippen molar-refractivity contribution in [1.29, 1.82) is 0 Å². The zero-order chi connectivity index (χ0) is 14.8. The highest BCUT2D eigenvalue weighted by Crippen LogP contribution is 2.39. The van der Waals surface area contributed by atoms with E-state index in [2.05, 4.69) is 18.7 Å². The largest absolute Gasteiger partial charge is 0.478 e. The van der Waals surface area contributed by atoms with Crippen LogP contribution in [0.15, 0.2) is 18.2 Å². The molecule has 0 atom stereocenters. The SMILES string of the molecule is CCC1(CC)CCN(c2ccc(C(=O)O)c(F)c2)CC1. The minimum atomic E-state index is -1.22. The van der Waals surface area contributed by atoms with Crippen molar-refractivity contribution >= 4 is 11.7 Å². The number of halogens is 1. The molecule has 1 saturated heterocycles. The molecule has 0 amide bonds. The molecular weight excluding hydrogens is 257 g/mol. The van der Waals surface area contributed by atoms with Gasteiger partial charge in [0, 0.05) is 18.8 Å². The summed E-state index contributed by atoms with van der Waals surface area (Å²) < 4.78 is 13.7. The summed E-state index contributed by atoms with van der Waals surface area (Å²) in [5, 5.41) is 8.85. The summed E-state index contributed by atoms with van der Waals surface area (Å²) >= 11 is 0. The lowest BCUT2D eigenvalue weighted by Crippen LogP contribution is -2.39. The number of rotatable bonds is 4. The number of piperidine rings is 1. The third kappa shape index (κ3) is 2.79.